The Bertz CT molecular complexity index is 696. The number of methoxy groups -OCH3 is 1. The van der Waals surface area contributed by atoms with Gasteiger partial charge in [0.15, 0.2) is 4.21 Å². The number of nitrogens with one attached hydrogen (secondary N) is 1. The van der Waals surface area contributed by atoms with Crippen molar-refractivity contribution in [2.45, 2.75) is 4.21 Å². The maximum atomic E-state index is 12.2. The topological polar surface area (TPSA) is 75.6 Å². The van der Waals surface area contributed by atoms with Crippen molar-refractivity contribution in [3.8, 4) is 11.5 Å². The van der Waals surface area contributed by atoms with Crippen molar-refractivity contribution in [1.82, 2.24) is 0 Å². The van der Waals surface area contributed by atoms with Crippen LogP contribution in [0.15, 0.2) is 38.3 Å². The molecular formula is C11H10BrNO4S2. The van der Waals surface area contributed by atoms with Crippen molar-refractivity contribution in [3.05, 3.63) is 34.1 Å². The number of halogens is 1. The number of hydrogen-bond donors (Lipinski definition) is 2. The average Bonchev–Trinajstić information content (AvgIpc) is 2.79. The van der Waals surface area contributed by atoms with Crippen LogP contribution in [0.3, 0.4) is 0 Å². The molecule has 1 heterocycles. The van der Waals surface area contributed by atoms with Crippen LogP contribution >= 0.6 is 27.3 Å². The largest absolute Gasteiger partial charge is 0.506 e. The molecule has 0 aliphatic rings. The molecule has 1 aromatic heterocycles. The van der Waals surface area contributed by atoms with Crippen molar-refractivity contribution in [2.75, 3.05) is 11.8 Å². The molecule has 0 amide bonds. The van der Waals surface area contributed by atoms with Crippen LogP contribution < -0.4 is 9.46 Å². The fourth-order valence-electron chi connectivity index (χ4n) is 1.44. The summed E-state index contributed by atoms with van der Waals surface area (Å²) in [6.45, 7) is 0. The lowest BCUT2D eigenvalue weighted by molar-refractivity contribution is 0.411. The van der Waals surface area contributed by atoms with Crippen LogP contribution in [0.4, 0.5) is 5.69 Å². The Labute approximate surface area is 123 Å². The van der Waals surface area contributed by atoms with Gasteiger partial charge in [-0.25, -0.2) is 8.42 Å². The summed E-state index contributed by atoms with van der Waals surface area (Å²) < 4.78 is 32.4. The van der Waals surface area contributed by atoms with E-state index in [-0.39, 0.29) is 21.4 Å². The molecule has 2 N–H and O–H groups in total. The number of anilines is 1. The molecule has 5 nitrogen and oxygen atoms in total. The van der Waals surface area contributed by atoms with Gasteiger partial charge in [0.05, 0.1) is 7.11 Å². The van der Waals surface area contributed by atoms with Crippen molar-refractivity contribution in [2.24, 2.45) is 0 Å². The predicted molar refractivity (Wildman–Crippen MR) is 77.5 cm³/mol. The van der Waals surface area contributed by atoms with Crippen LogP contribution in [0.25, 0.3) is 0 Å². The molecule has 0 radical (unpaired) electrons. The molecule has 2 aromatic rings. The maximum absolute atomic E-state index is 12.2. The lowest BCUT2D eigenvalue weighted by Gasteiger charge is -2.12. The van der Waals surface area contributed by atoms with E-state index in [0.29, 0.717) is 4.47 Å². The normalized spacial score (nSPS) is 11.3. The molecule has 0 atom stereocenters. The second-order valence-electron chi connectivity index (χ2n) is 3.52. The van der Waals surface area contributed by atoms with E-state index in [1.54, 1.807) is 23.6 Å². The summed E-state index contributed by atoms with van der Waals surface area (Å²) in [5, 5.41) is 11.4. The smallest absolute Gasteiger partial charge is 0.272 e. The van der Waals surface area contributed by atoms with E-state index < -0.39 is 10.0 Å². The van der Waals surface area contributed by atoms with E-state index in [1.165, 1.54) is 13.2 Å². The molecule has 0 unspecified atom stereocenters. The van der Waals surface area contributed by atoms with Gasteiger partial charge in [-0.2, -0.15) is 0 Å². The second-order valence-corrected chi connectivity index (χ2v) is 7.16. The summed E-state index contributed by atoms with van der Waals surface area (Å²) in [7, 11) is -2.38. The van der Waals surface area contributed by atoms with E-state index in [9.17, 15) is 13.5 Å². The highest BCUT2D eigenvalue weighted by Crippen LogP contribution is 2.37. The highest BCUT2D eigenvalue weighted by Gasteiger charge is 2.22. The van der Waals surface area contributed by atoms with Gasteiger partial charge in [0, 0.05) is 4.47 Å². The molecule has 0 saturated heterocycles. The van der Waals surface area contributed by atoms with E-state index >= 15 is 0 Å². The van der Waals surface area contributed by atoms with Crippen LogP contribution in [0.2, 0.25) is 0 Å². The number of ether oxygens (including phenoxy) is 1. The van der Waals surface area contributed by atoms with Gasteiger partial charge in [-0.3, -0.25) is 4.72 Å². The number of sulfonamides is 1. The fraction of sp³-hybridized carbons (Fsp3) is 0.0909. The van der Waals surface area contributed by atoms with Gasteiger partial charge in [-0.05, 0) is 39.5 Å². The van der Waals surface area contributed by atoms with E-state index in [4.69, 9.17) is 4.74 Å². The molecule has 0 fully saturated rings. The number of phenolic OH excluding ortho intramolecular Hbond substituents is 1. The van der Waals surface area contributed by atoms with Gasteiger partial charge in [0.25, 0.3) is 10.0 Å². The summed E-state index contributed by atoms with van der Waals surface area (Å²) in [5.74, 6) is 0.0480. The van der Waals surface area contributed by atoms with Crippen LogP contribution in [0, 0.1) is 0 Å². The number of thiophene rings is 1. The third-order valence-corrected chi connectivity index (χ3v) is 6.31. The van der Waals surface area contributed by atoms with E-state index in [2.05, 4.69) is 20.7 Å². The van der Waals surface area contributed by atoms with Crippen molar-refractivity contribution in [1.29, 1.82) is 0 Å². The van der Waals surface area contributed by atoms with Gasteiger partial charge in [-0.15, -0.1) is 11.3 Å². The maximum Gasteiger partial charge on any atom is 0.272 e. The second kappa shape index (κ2) is 5.40. The first kappa shape index (κ1) is 14.2. The molecule has 8 heteroatoms. The Balaban J connectivity index is 2.45. The van der Waals surface area contributed by atoms with Gasteiger partial charge in [0.2, 0.25) is 0 Å². The van der Waals surface area contributed by atoms with Crippen LogP contribution in [0.5, 0.6) is 11.5 Å². The Morgan fingerprint density at radius 1 is 1.37 bits per heavy atom. The zero-order chi connectivity index (χ0) is 14.0. The molecule has 1 aromatic carbocycles. The number of phenols is 1. The van der Waals surface area contributed by atoms with Crippen molar-refractivity contribution >= 4 is 43.0 Å². The summed E-state index contributed by atoms with van der Waals surface area (Å²) in [5.41, 5.74) is 0.0188. The Morgan fingerprint density at radius 2 is 2.11 bits per heavy atom. The molecule has 0 bridgehead atoms. The third kappa shape index (κ3) is 2.85. The molecule has 0 spiro atoms. The minimum absolute atomic E-state index is 0.0188. The first-order chi connectivity index (χ1) is 8.95. The van der Waals surface area contributed by atoms with Crippen LogP contribution in [-0.2, 0) is 10.0 Å². The number of benzene rings is 1. The predicted octanol–water partition coefficient (Wildman–Crippen LogP) is 3.03. The molecule has 19 heavy (non-hydrogen) atoms. The quantitative estimate of drug-likeness (QED) is 0.818. The molecular weight excluding hydrogens is 354 g/mol. The highest BCUT2D eigenvalue weighted by atomic mass is 79.9. The monoisotopic (exact) mass is 363 g/mol. The number of aromatic hydroxyl groups is 1. The Hall–Kier alpha value is -1.25. The minimum atomic E-state index is -3.77. The lowest BCUT2D eigenvalue weighted by Crippen LogP contribution is -2.12. The van der Waals surface area contributed by atoms with Crippen LogP contribution in [0.1, 0.15) is 0 Å². The van der Waals surface area contributed by atoms with Crippen molar-refractivity contribution in [3.63, 3.8) is 0 Å². The van der Waals surface area contributed by atoms with E-state index in [1.807, 2.05) is 0 Å². The van der Waals surface area contributed by atoms with Gasteiger partial charge >= 0.3 is 0 Å². The van der Waals surface area contributed by atoms with Gasteiger partial charge in [-0.1, -0.05) is 6.07 Å². The molecule has 0 aliphatic carbocycles. The Kier molecular flexibility index (Phi) is 4.02. The minimum Gasteiger partial charge on any atom is -0.506 e. The Morgan fingerprint density at radius 3 is 2.68 bits per heavy atom. The zero-order valence-corrected chi connectivity index (χ0v) is 13.0. The number of para-hydroxylation sites is 1. The fourth-order valence-corrected chi connectivity index (χ4v) is 4.87. The average molecular weight is 364 g/mol. The standard InChI is InChI=1S/C11H10BrNO4S2/c1-17-9-4-2-3-8(14)10(9)13-19(15,16)11-7(12)5-6-18-11/h2-6,13-14H,1H3. The summed E-state index contributed by atoms with van der Waals surface area (Å²) in [6.07, 6.45) is 0. The zero-order valence-electron chi connectivity index (χ0n) is 9.75. The summed E-state index contributed by atoms with van der Waals surface area (Å²) in [6, 6.07) is 6.14. The summed E-state index contributed by atoms with van der Waals surface area (Å²) in [4.78, 5) is 0. The molecule has 0 aliphatic heterocycles. The first-order valence-corrected chi connectivity index (χ1v) is 8.23. The number of rotatable bonds is 4. The highest BCUT2D eigenvalue weighted by molar-refractivity contribution is 9.10. The first-order valence-electron chi connectivity index (χ1n) is 5.07. The van der Waals surface area contributed by atoms with Gasteiger partial charge < -0.3 is 9.84 Å². The van der Waals surface area contributed by atoms with Crippen molar-refractivity contribution < 1.29 is 18.3 Å². The molecule has 102 valence electrons. The number of hydrogen-bond acceptors (Lipinski definition) is 5. The van der Waals surface area contributed by atoms with Crippen LogP contribution in [-0.4, -0.2) is 20.6 Å². The third-order valence-electron chi connectivity index (χ3n) is 2.29. The lowest BCUT2D eigenvalue weighted by atomic mass is 10.3. The molecule has 2 rings (SSSR count). The van der Waals surface area contributed by atoms with Gasteiger partial charge in [0.1, 0.15) is 17.2 Å². The van der Waals surface area contributed by atoms with E-state index in [0.717, 1.165) is 11.3 Å². The SMILES string of the molecule is COc1cccc(O)c1NS(=O)(=O)c1sccc1Br. The summed E-state index contributed by atoms with van der Waals surface area (Å²) >= 11 is 4.24. The molecule has 0 saturated carbocycles.